The van der Waals surface area contributed by atoms with Gasteiger partial charge in [-0.3, -0.25) is 9.78 Å². The summed E-state index contributed by atoms with van der Waals surface area (Å²) in [6, 6.07) is 7.21. The minimum Gasteiger partial charge on any atom is -0.382 e. The number of aromatic nitrogens is 4. The maximum atomic E-state index is 12.5. The van der Waals surface area contributed by atoms with Crippen molar-refractivity contribution in [1.29, 1.82) is 0 Å². The molecule has 0 bridgehead atoms. The van der Waals surface area contributed by atoms with E-state index in [1.165, 1.54) is 24.3 Å². The molecule has 0 radical (unpaired) electrons. The molecule has 0 aliphatic carbocycles. The number of aromatic amines is 1. The van der Waals surface area contributed by atoms with Crippen molar-refractivity contribution in [3.8, 4) is 0 Å². The summed E-state index contributed by atoms with van der Waals surface area (Å²) in [6.07, 6.45) is 0. The van der Waals surface area contributed by atoms with Gasteiger partial charge in [0, 0.05) is 11.4 Å². The monoisotopic (exact) mass is 415 g/mol. The molecule has 0 aliphatic heterocycles. The number of nitrogens with one attached hydrogen (secondary N) is 2. The van der Waals surface area contributed by atoms with Gasteiger partial charge in [-0.1, -0.05) is 0 Å². The van der Waals surface area contributed by atoms with Gasteiger partial charge in [0.15, 0.2) is 11.5 Å². The summed E-state index contributed by atoms with van der Waals surface area (Å²) in [4.78, 5) is 25.8. The predicted molar refractivity (Wildman–Crippen MR) is 107 cm³/mol. The van der Waals surface area contributed by atoms with Gasteiger partial charge in [-0.2, -0.15) is 10.1 Å². The van der Waals surface area contributed by atoms with Crippen LogP contribution in [0.1, 0.15) is 11.4 Å². The van der Waals surface area contributed by atoms with Crippen LogP contribution >= 0.6 is 0 Å². The Bertz CT molecular complexity index is 1230. The molecule has 29 heavy (non-hydrogen) atoms. The Morgan fingerprint density at radius 1 is 1.00 bits per heavy atom. The minimum atomic E-state index is -3.90. The summed E-state index contributed by atoms with van der Waals surface area (Å²) in [6.45, 7) is 3.47. The number of H-pyrrole nitrogens is 1. The number of anilines is 3. The molecule has 0 atom stereocenters. The van der Waals surface area contributed by atoms with Crippen LogP contribution in [0.15, 0.2) is 50.3 Å². The van der Waals surface area contributed by atoms with Crippen LogP contribution in [0, 0.1) is 13.8 Å². The molecule has 0 saturated carbocycles. The van der Waals surface area contributed by atoms with Crippen LogP contribution in [0.4, 0.5) is 29.1 Å². The topological polar surface area (TPSA) is 194 Å². The number of hydrogen-bond acceptors (Lipinski definition) is 10. The van der Waals surface area contributed by atoms with Crippen molar-refractivity contribution in [2.24, 2.45) is 10.2 Å². The van der Waals surface area contributed by atoms with Crippen LogP contribution in [0.5, 0.6) is 0 Å². The lowest BCUT2D eigenvalue weighted by Gasteiger charge is -2.08. The summed E-state index contributed by atoms with van der Waals surface area (Å²) >= 11 is 0. The molecular weight excluding hydrogens is 398 g/mol. The smallest absolute Gasteiger partial charge is 0.282 e. The van der Waals surface area contributed by atoms with Gasteiger partial charge < -0.3 is 11.5 Å². The molecule has 2 heterocycles. The zero-order valence-electron chi connectivity index (χ0n) is 15.4. The normalized spacial score (nSPS) is 11.7. The first kappa shape index (κ1) is 19.9. The van der Waals surface area contributed by atoms with Gasteiger partial charge >= 0.3 is 0 Å². The molecule has 0 unspecified atom stereocenters. The van der Waals surface area contributed by atoms with Gasteiger partial charge in [-0.25, -0.2) is 23.1 Å². The number of aryl methyl sites for hydroxylation is 2. The number of sulfonamides is 1. The van der Waals surface area contributed by atoms with Gasteiger partial charge in [-0.05, 0) is 44.2 Å². The van der Waals surface area contributed by atoms with Crippen LogP contribution in [0.3, 0.4) is 0 Å². The van der Waals surface area contributed by atoms with Crippen LogP contribution < -0.4 is 21.7 Å². The number of nitrogens with two attached hydrogens (primary N) is 2. The average molecular weight is 415 g/mol. The van der Waals surface area contributed by atoms with Crippen molar-refractivity contribution >= 4 is 39.1 Å². The number of azo groups is 1. The fourth-order valence-electron chi connectivity index (χ4n) is 2.35. The van der Waals surface area contributed by atoms with Crippen molar-refractivity contribution in [2.75, 3.05) is 16.2 Å². The summed E-state index contributed by atoms with van der Waals surface area (Å²) < 4.78 is 27.3. The molecule has 3 rings (SSSR count). The van der Waals surface area contributed by atoms with Gasteiger partial charge in [0.2, 0.25) is 11.9 Å². The highest BCUT2D eigenvalue weighted by molar-refractivity contribution is 7.92. The van der Waals surface area contributed by atoms with Crippen molar-refractivity contribution in [3.05, 3.63) is 52.1 Å². The van der Waals surface area contributed by atoms with E-state index in [1.807, 2.05) is 0 Å². The van der Waals surface area contributed by atoms with E-state index in [0.717, 1.165) is 0 Å². The number of hydrogen-bond donors (Lipinski definition) is 4. The Balaban J connectivity index is 1.81. The molecule has 0 aliphatic rings. The van der Waals surface area contributed by atoms with E-state index < -0.39 is 15.6 Å². The molecule has 2 aromatic heterocycles. The number of benzene rings is 1. The largest absolute Gasteiger partial charge is 0.382 e. The average Bonchev–Trinajstić information content (AvgIpc) is 2.60. The Morgan fingerprint density at radius 3 is 2.21 bits per heavy atom. The van der Waals surface area contributed by atoms with Gasteiger partial charge in [0.05, 0.1) is 10.6 Å². The van der Waals surface area contributed by atoms with Crippen LogP contribution in [0.2, 0.25) is 0 Å². The van der Waals surface area contributed by atoms with Crippen LogP contribution in [0.25, 0.3) is 0 Å². The molecule has 150 valence electrons. The third kappa shape index (κ3) is 4.70. The molecule has 0 spiro atoms. The highest BCUT2D eigenvalue weighted by Crippen LogP contribution is 2.22. The molecule has 6 N–H and O–H groups in total. The van der Waals surface area contributed by atoms with E-state index in [2.05, 4.69) is 34.9 Å². The predicted octanol–water partition coefficient (Wildman–Crippen LogP) is 1.56. The summed E-state index contributed by atoms with van der Waals surface area (Å²) in [5.41, 5.74) is 11.7. The summed E-state index contributed by atoms with van der Waals surface area (Å²) in [5.74, 6) is -0.329. The molecule has 0 saturated heterocycles. The Morgan fingerprint density at radius 2 is 1.62 bits per heavy atom. The van der Waals surface area contributed by atoms with E-state index in [4.69, 9.17) is 11.5 Å². The molecule has 3 aromatic rings. The quantitative estimate of drug-likeness (QED) is 0.450. The second-order valence-electron chi connectivity index (χ2n) is 5.96. The standard InChI is InChI=1S/C16H17N9O3S/c1-8-7-9(2)20-16(19-8)25-29(27,28)11-5-3-10(4-6-11)23-24-12-13(17)21-15(18)22-14(12)26/h3-7H,1-2H3,(H,19,20,25)(H5,17,18,21,22,26). The molecule has 0 amide bonds. The third-order valence-corrected chi connectivity index (χ3v) is 4.90. The first-order chi connectivity index (χ1) is 13.6. The van der Waals surface area contributed by atoms with Crippen molar-refractivity contribution in [3.63, 3.8) is 0 Å². The number of nitrogens with zero attached hydrogens (tertiary/aromatic N) is 5. The van der Waals surface area contributed by atoms with E-state index in [0.29, 0.717) is 17.1 Å². The maximum absolute atomic E-state index is 12.5. The van der Waals surface area contributed by atoms with Crippen molar-refractivity contribution < 1.29 is 8.42 Å². The van der Waals surface area contributed by atoms with Crippen LogP contribution in [-0.4, -0.2) is 28.4 Å². The highest BCUT2D eigenvalue weighted by Gasteiger charge is 2.16. The van der Waals surface area contributed by atoms with Gasteiger partial charge in [0.1, 0.15) is 0 Å². The van der Waals surface area contributed by atoms with E-state index in [9.17, 15) is 13.2 Å². The Hall–Kier alpha value is -3.87. The van der Waals surface area contributed by atoms with Crippen molar-refractivity contribution in [1.82, 2.24) is 19.9 Å². The SMILES string of the molecule is Cc1cc(C)nc(NS(=O)(=O)c2ccc(N=Nc3c(N)nc(N)[nH]c3=O)cc2)n1. The Labute approximate surface area is 165 Å². The molecule has 1 aromatic carbocycles. The highest BCUT2D eigenvalue weighted by atomic mass is 32.2. The van der Waals surface area contributed by atoms with E-state index >= 15 is 0 Å². The van der Waals surface area contributed by atoms with E-state index in [-0.39, 0.29) is 28.3 Å². The van der Waals surface area contributed by atoms with Crippen molar-refractivity contribution in [2.45, 2.75) is 18.7 Å². The fraction of sp³-hybridized carbons (Fsp3) is 0.125. The molecular formula is C16H17N9O3S. The second-order valence-corrected chi connectivity index (χ2v) is 7.64. The number of nitrogen functional groups attached to an aromatic ring is 2. The zero-order valence-corrected chi connectivity index (χ0v) is 16.2. The molecule has 13 heteroatoms. The number of rotatable bonds is 5. The van der Waals surface area contributed by atoms with Crippen LogP contribution in [-0.2, 0) is 10.0 Å². The second kappa shape index (κ2) is 7.63. The van der Waals surface area contributed by atoms with Gasteiger partial charge in [-0.15, -0.1) is 5.11 Å². The Kier molecular flexibility index (Phi) is 5.23. The van der Waals surface area contributed by atoms with Gasteiger partial charge in [0.25, 0.3) is 15.6 Å². The lowest BCUT2D eigenvalue weighted by molar-refractivity contribution is 0.601. The maximum Gasteiger partial charge on any atom is 0.282 e. The molecule has 0 fully saturated rings. The zero-order chi connectivity index (χ0) is 21.2. The minimum absolute atomic E-state index is 0.0168. The molecule has 12 nitrogen and oxygen atoms in total. The lowest BCUT2D eigenvalue weighted by atomic mass is 10.3. The first-order valence-electron chi connectivity index (χ1n) is 8.16. The summed E-state index contributed by atoms with van der Waals surface area (Å²) in [5, 5.41) is 7.61. The summed E-state index contributed by atoms with van der Waals surface area (Å²) in [7, 11) is -3.90. The van der Waals surface area contributed by atoms with E-state index in [1.54, 1.807) is 19.9 Å². The first-order valence-corrected chi connectivity index (χ1v) is 9.64. The third-order valence-electron chi connectivity index (χ3n) is 3.56. The fourth-order valence-corrected chi connectivity index (χ4v) is 3.29. The lowest BCUT2D eigenvalue weighted by Crippen LogP contribution is -2.15.